The molecule has 3 aliphatic heterocycles. The van der Waals surface area contributed by atoms with Crippen LogP contribution in [0.25, 0.3) is 0 Å². The Bertz CT molecular complexity index is 2970. The molecule has 3 heterocycles. The highest BCUT2D eigenvalue weighted by atomic mass is 16.3. The van der Waals surface area contributed by atoms with Gasteiger partial charge in [-0.2, -0.15) is 0 Å². The number of ketones is 1. The first-order valence-corrected chi connectivity index (χ1v) is 33.5. The van der Waals surface area contributed by atoms with E-state index in [0.29, 0.717) is 43.5 Å². The van der Waals surface area contributed by atoms with Crippen molar-refractivity contribution in [3.05, 3.63) is 71.8 Å². The average Bonchev–Trinajstić information content (AvgIpc) is 1.25. The summed E-state index contributed by atoms with van der Waals surface area (Å²) in [5, 5.41) is 19.2. The lowest BCUT2D eigenvalue weighted by molar-refractivity contribution is -0.154. The fourth-order valence-electron chi connectivity index (χ4n) is 13.1. The molecule has 0 aromatic heterocycles. The van der Waals surface area contributed by atoms with Crippen molar-refractivity contribution >= 4 is 70.8 Å². The third-order valence-corrected chi connectivity index (χ3v) is 18.6. The Balaban J connectivity index is 1.63. The average molecular weight is 1310 g/mol. The van der Waals surface area contributed by atoms with Gasteiger partial charge in [-0.25, -0.2) is 0 Å². The molecule has 0 aliphatic carbocycles. The van der Waals surface area contributed by atoms with Gasteiger partial charge in [0.1, 0.15) is 48.3 Å². The molecule has 0 bridgehead atoms. The van der Waals surface area contributed by atoms with Crippen LogP contribution >= 0.6 is 0 Å². The lowest BCUT2D eigenvalue weighted by Gasteiger charge is -2.40. The van der Waals surface area contributed by atoms with Gasteiger partial charge in [-0.15, -0.1) is 0 Å². The molecule has 520 valence electrons. The number of likely N-dealkylation sites (N-methyl/N-ethyl adjacent to an activating group) is 6. The van der Waals surface area contributed by atoms with Crippen LogP contribution in [0.5, 0.6) is 0 Å². The van der Waals surface area contributed by atoms with E-state index >= 15 is 24.0 Å². The maximum atomic E-state index is 15.4. The van der Waals surface area contributed by atoms with Gasteiger partial charge in [0.25, 0.3) is 0 Å². The number of aliphatic hydroxyl groups excluding tert-OH is 1. The molecule has 0 spiro atoms. The Kier molecular flexibility index (Phi) is 28.7. The number of nitrogens with zero attached hydrogens (tertiary/aromatic N) is 8. The summed E-state index contributed by atoms with van der Waals surface area (Å²) in [6.45, 7) is 17.4. The number of Topliss-reactive ketones (excluding diaryl/α,β-unsaturated/α-hetero) is 1. The summed E-state index contributed by atoms with van der Waals surface area (Å²) in [4.78, 5) is 188. The molecular formula is C70H107N11O13. The smallest absolute Gasteiger partial charge is 0.248 e. The lowest BCUT2D eigenvalue weighted by atomic mass is 9.88. The number of nitrogens with one attached hydrogen (secondary N) is 3. The molecule has 0 radical (unpaired) electrons. The number of hydrogen-bond donors (Lipinski definition) is 4. The fraction of sp³-hybridized carbons (Fsp3) is 0.657. The first-order valence-electron chi connectivity index (χ1n) is 33.5. The number of likely N-dealkylation sites (tertiary alicyclic amines) is 1. The molecule has 3 saturated heterocycles. The molecule has 24 heteroatoms. The Morgan fingerprint density at radius 3 is 1.52 bits per heavy atom. The second-order valence-electron chi connectivity index (χ2n) is 27.8. The normalized spacial score (nSPS) is 26.5. The Morgan fingerprint density at radius 1 is 0.511 bits per heavy atom. The zero-order valence-corrected chi connectivity index (χ0v) is 58.5. The van der Waals surface area contributed by atoms with Crippen molar-refractivity contribution in [1.29, 1.82) is 0 Å². The van der Waals surface area contributed by atoms with Crippen LogP contribution < -0.4 is 16.0 Å². The molecule has 0 unspecified atom stereocenters. The minimum Gasteiger partial charge on any atom is -0.391 e. The molecule has 5 rings (SSSR count). The second kappa shape index (κ2) is 35.1. The minimum absolute atomic E-state index is 0.000893. The summed E-state index contributed by atoms with van der Waals surface area (Å²) in [6, 6.07) is 6.70. The van der Waals surface area contributed by atoms with Crippen molar-refractivity contribution in [2.75, 3.05) is 68.5 Å². The van der Waals surface area contributed by atoms with Crippen molar-refractivity contribution in [3.8, 4) is 0 Å². The molecule has 2 aromatic rings. The van der Waals surface area contributed by atoms with Crippen LogP contribution in [-0.4, -0.2) is 244 Å². The first kappa shape index (κ1) is 76.9. The molecule has 3 aliphatic rings. The summed E-state index contributed by atoms with van der Waals surface area (Å²) in [5.41, 5.74) is 1.37. The molecule has 11 amide bonds. The monoisotopic (exact) mass is 1310 g/mol. The van der Waals surface area contributed by atoms with Crippen LogP contribution in [0.4, 0.5) is 0 Å². The molecule has 0 saturated carbocycles. The van der Waals surface area contributed by atoms with Crippen molar-refractivity contribution in [2.45, 2.75) is 200 Å². The minimum atomic E-state index is -1.65. The topological polar surface area (TPSA) is 287 Å². The maximum Gasteiger partial charge on any atom is 0.248 e. The van der Waals surface area contributed by atoms with E-state index in [9.17, 15) is 38.7 Å². The van der Waals surface area contributed by atoms with Gasteiger partial charge in [-0.05, 0) is 93.6 Å². The van der Waals surface area contributed by atoms with E-state index in [0.717, 1.165) is 11.3 Å². The number of benzene rings is 2. The number of piperidine rings is 1. The highest BCUT2D eigenvalue weighted by Crippen LogP contribution is 2.28. The van der Waals surface area contributed by atoms with Gasteiger partial charge in [-0.1, -0.05) is 116 Å². The van der Waals surface area contributed by atoms with Gasteiger partial charge in [0.05, 0.1) is 24.6 Å². The van der Waals surface area contributed by atoms with Gasteiger partial charge >= 0.3 is 0 Å². The highest BCUT2D eigenvalue weighted by molar-refractivity contribution is 6.00. The van der Waals surface area contributed by atoms with Crippen molar-refractivity contribution < 1.29 is 62.6 Å². The number of carbonyl (C=O) groups is 12. The number of fused-ring (bicyclic) bond motifs is 1. The van der Waals surface area contributed by atoms with Crippen molar-refractivity contribution in [1.82, 2.24) is 55.1 Å². The predicted molar refractivity (Wildman–Crippen MR) is 355 cm³/mol. The largest absolute Gasteiger partial charge is 0.391 e. The molecule has 94 heavy (non-hydrogen) atoms. The molecular weight excluding hydrogens is 1200 g/mol. The second-order valence-corrected chi connectivity index (χ2v) is 27.8. The predicted octanol–water partition coefficient (Wildman–Crippen LogP) is 3.31. The number of carbonyl (C=O) groups excluding carboxylic acids is 12. The van der Waals surface area contributed by atoms with E-state index in [2.05, 4.69) is 16.0 Å². The van der Waals surface area contributed by atoms with Gasteiger partial charge in [-0.3, -0.25) is 57.5 Å². The lowest BCUT2D eigenvalue weighted by Crippen LogP contribution is -2.61. The maximum absolute atomic E-state index is 15.4. The number of amides is 11. The van der Waals surface area contributed by atoms with E-state index in [4.69, 9.17) is 0 Å². The van der Waals surface area contributed by atoms with E-state index in [1.54, 1.807) is 75.1 Å². The molecule has 4 N–H and O–H groups in total. The van der Waals surface area contributed by atoms with Gasteiger partial charge in [0, 0.05) is 87.6 Å². The zero-order chi connectivity index (χ0) is 70.2. The Hall–Kier alpha value is -7.76. The SMILES string of the molecule is CC(C)C[C@H]1C(=O)N(C)[C@@H](Cc2ccccc2)C(=O)N[C@@H](C)C(=O)N2CCC[C@H]2C(=O)N(C)[C@@H](CC(C)C)C(=O)N(C)[C@@H](Cc2ccccc2)C(=O)N(C)[C@@H](C(C)C)C(=O)C[C@H](C(=O)N2CCCCC2)CC(=O)N[C@H](C(C)C)C(=O)N[C@@H]([C@@H](C)O)C(=O)N(C)CC(=O)N1C. The fourth-order valence-corrected chi connectivity index (χ4v) is 13.1. The van der Waals surface area contributed by atoms with Crippen LogP contribution in [0.3, 0.4) is 0 Å². The summed E-state index contributed by atoms with van der Waals surface area (Å²) in [5.74, 6) is -10.6. The van der Waals surface area contributed by atoms with Gasteiger partial charge in [0.2, 0.25) is 65.0 Å². The standard InChI is InChI=1S/C70H107N11O13/c1-42(2)35-53-67(91)76(13)52(37-48-27-20-17-21-28-48)62(86)71-46(9)64(88)81-34-26-31-51(81)66(90)77(14)54(36-43(3)4)68(92)78(15)55(38-49-29-22-18-23-30-49)69(93)79(16)61(45(7)8)56(83)39-50(65(89)80-32-24-19-25-33-80)40-57(84)72-59(44(5)6)63(87)73-60(47(10)82)70(94)74(11)41-58(85)75(53)12/h17-18,20-23,27-30,42-47,50-55,59-61,82H,19,24-26,31-41H2,1-16H3,(H,71,86)(H,72,84)(H,73,87)/t46-,47+,50-,51-,52-,53-,54-,55-,59+,60-,61-/m0/s1. The highest BCUT2D eigenvalue weighted by Gasteiger charge is 2.46. The number of hydrogen-bond acceptors (Lipinski definition) is 13. The van der Waals surface area contributed by atoms with E-state index in [1.165, 1.54) is 85.5 Å². The summed E-state index contributed by atoms with van der Waals surface area (Å²) in [7, 11) is 8.59. The Morgan fingerprint density at radius 2 is 1.01 bits per heavy atom. The quantitative estimate of drug-likeness (QED) is 0.238. The van der Waals surface area contributed by atoms with E-state index in [-0.39, 0.29) is 50.5 Å². The van der Waals surface area contributed by atoms with E-state index < -0.39 is 168 Å². The van der Waals surface area contributed by atoms with E-state index in [1.807, 2.05) is 45.9 Å². The van der Waals surface area contributed by atoms with Gasteiger partial charge in [0.15, 0.2) is 5.78 Å². The third-order valence-electron chi connectivity index (χ3n) is 18.6. The molecule has 24 nitrogen and oxygen atoms in total. The van der Waals surface area contributed by atoms with Crippen molar-refractivity contribution in [3.63, 3.8) is 0 Å². The summed E-state index contributed by atoms with van der Waals surface area (Å²) in [6.07, 6.45) is 0.657. The van der Waals surface area contributed by atoms with Gasteiger partial charge < -0.3 is 60.3 Å². The van der Waals surface area contributed by atoms with Crippen LogP contribution in [0.2, 0.25) is 0 Å². The van der Waals surface area contributed by atoms with Crippen LogP contribution in [0, 0.1) is 29.6 Å². The van der Waals surface area contributed by atoms with Crippen molar-refractivity contribution in [2.24, 2.45) is 29.6 Å². The third kappa shape index (κ3) is 20.1. The number of rotatable bonds is 12. The first-order chi connectivity index (χ1) is 44.2. The van der Waals surface area contributed by atoms with Crippen LogP contribution in [-0.2, 0) is 70.4 Å². The molecule has 3 fully saturated rings. The van der Waals surface area contributed by atoms with Crippen LogP contribution in [0.1, 0.15) is 138 Å². The summed E-state index contributed by atoms with van der Waals surface area (Å²) < 4.78 is 0. The zero-order valence-electron chi connectivity index (χ0n) is 58.5. The summed E-state index contributed by atoms with van der Waals surface area (Å²) >= 11 is 0. The number of aliphatic hydroxyl groups is 1. The molecule has 2 aromatic carbocycles. The van der Waals surface area contributed by atoms with Crippen LogP contribution in [0.15, 0.2) is 60.7 Å². The molecule has 11 atom stereocenters. The Labute approximate surface area is 556 Å².